The van der Waals surface area contributed by atoms with E-state index in [9.17, 15) is 43.5 Å². The van der Waals surface area contributed by atoms with Gasteiger partial charge in [0.2, 0.25) is 0 Å². The van der Waals surface area contributed by atoms with Crippen LogP contribution in [-0.2, 0) is 55.8 Å². The Hall–Kier alpha value is -3.79. The number of allylic oxidation sites excluding steroid dienone is 18. The molecule has 0 saturated carbocycles. The summed E-state index contributed by atoms with van der Waals surface area (Å²) in [5.74, 6) is -1.61. The highest BCUT2D eigenvalue weighted by Gasteiger charge is 2.29. The smallest absolute Gasteiger partial charge is 0.463 e. The molecule has 0 saturated heterocycles. The van der Waals surface area contributed by atoms with E-state index in [4.69, 9.17) is 32.3 Å². The highest BCUT2D eigenvalue weighted by molar-refractivity contribution is 7.47. The molecule has 0 rings (SSSR count). The van der Waals surface area contributed by atoms with Crippen LogP contribution in [0.1, 0.15) is 265 Å². The molecule has 18 heteroatoms. The SMILES string of the molecule is CC/C=C\C/C=C\C/C=C\C/C=C\CCCCCCCCC(=O)OCC(O)COP(=O)(O)OCC(O)COP(=O)(O)OCC(COC(=O)CCCCCCCC/C=C\C/C=C\C/C=C\C/C=C\CC)OC(=O)CCCCCCC/C=C\CCCCCCCC. The van der Waals surface area contributed by atoms with Crippen LogP contribution in [0.4, 0.5) is 0 Å². The summed E-state index contributed by atoms with van der Waals surface area (Å²) in [6, 6.07) is 0. The maximum absolute atomic E-state index is 12.9. The molecule has 0 heterocycles. The lowest BCUT2D eigenvalue weighted by atomic mass is 10.1. The van der Waals surface area contributed by atoms with E-state index in [0.29, 0.717) is 19.3 Å². The molecule has 0 fully saturated rings. The Morgan fingerprint density at radius 3 is 0.955 bits per heavy atom. The van der Waals surface area contributed by atoms with E-state index in [0.717, 1.165) is 167 Å². The van der Waals surface area contributed by atoms with Crippen LogP contribution in [0.25, 0.3) is 0 Å². The molecule has 5 atom stereocenters. The van der Waals surface area contributed by atoms with Gasteiger partial charge in [0, 0.05) is 19.3 Å². The van der Waals surface area contributed by atoms with E-state index in [1.807, 2.05) is 0 Å². The highest BCUT2D eigenvalue weighted by atomic mass is 31.2. The van der Waals surface area contributed by atoms with Gasteiger partial charge in [-0.05, 0) is 122 Å². The van der Waals surface area contributed by atoms with E-state index < -0.39 is 91.5 Å². The first-order valence-corrected chi connectivity index (χ1v) is 37.2. The van der Waals surface area contributed by atoms with Crippen LogP contribution in [0.15, 0.2) is 109 Å². The second kappa shape index (κ2) is 64.3. The van der Waals surface area contributed by atoms with E-state index in [-0.39, 0.29) is 19.3 Å². The number of ether oxygens (including phenoxy) is 3. The zero-order valence-corrected chi connectivity index (χ0v) is 57.1. The minimum atomic E-state index is -4.93. The van der Waals surface area contributed by atoms with Crippen molar-refractivity contribution in [1.82, 2.24) is 0 Å². The molecule has 0 aliphatic carbocycles. The molecule has 0 radical (unpaired) electrons. The van der Waals surface area contributed by atoms with Crippen LogP contribution in [0.2, 0.25) is 0 Å². The van der Waals surface area contributed by atoms with Crippen LogP contribution < -0.4 is 0 Å². The van der Waals surface area contributed by atoms with Gasteiger partial charge in [0.1, 0.15) is 25.4 Å². The lowest BCUT2D eigenvalue weighted by molar-refractivity contribution is -0.161. The first-order chi connectivity index (χ1) is 43.2. The number of carbonyl (C=O) groups is 3. The number of hydrogen-bond donors (Lipinski definition) is 4. The van der Waals surface area contributed by atoms with E-state index in [2.05, 4.69) is 130 Å². The third-order valence-corrected chi connectivity index (χ3v) is 15.9. The van der Waals surface area contributed by atoms with Crippen molar-refractivity contribution in [3.8, 4) is 0 Å². The molecular formula is C71H122O16P2. The van der Waals surface area contributed by atoms with Gasteiger partial charge in [-0.15, -0.1) is 0 Å². The summed E-state index contributed by atoms with van der Waals surface area (Å²) in [5.41, 5.74) is 0. The molecule has 16 nitrogen and oxygen atoms in total. The number of esters is 3. The summed E-state index contributed by atoms with van der Waals surface area (Å²) in [5, 5.41) is 20.5. The Kier molecular flexibility index (Phi) is 61.6. The van der Waals surface area contributed by atoms with Gasteiger partial charge in [0.15, 0.2) is 6.10 Å². The van der Waals surface area contributed by atoms with Crippen LogP contribution in [0.5, 0.6) is 0 Å². The number of phosphoric ester groups is 2. The number of aliphatic hydroxyl groups excluding tert-OH is 2. The monoisotopic (exact) mass is 1290 g/mol. The molecule has 0 aliphatic rings. The summed E-state index contributed by atoms with van der Waals surface area (Å²) in [6.45, 7) is 2.39. The molecule has 5 unspecified atom stereocenters. The number of carbonyl (C=O) groups excluding carboxylic acids is 3. The van der Waals surface area contributed by atoms with Crippen molar-refractivity contribution in [2.45, 2.75) is 283 Å². The molecule has 0 aromatic rings. The Morgan fingerprint density at radius 1 is 0.326 bits per heavy atom. The standard InChI is InChI=1S/C71H122O16P2/c1-4-7-10-13-16-19-22-25-28-30-32-34-37-39-42-45-48-51-54-57-69(74)81-60-66(72)61-83-88(77,78)84-62-67(73)63-85-89(79,80)86-65-68(87-71(76)59-56-53-50-47-44-41-36-27-24-21-18-15-12-9-6-3)64-82-70(75)58-55-52-49-46-43-40-38-35-33-31-29-26-23-20-17-14-11-8-5-2/h7-8,10-11,16-17,19-20,25-29,32-36,66-68,72-73H,4-6,9,12-15,18,21-24,30-31,37-65H2,1-3H3,(H,77,78)(H,79,80)/b10-7-,11-8-,19-16-,20-17-,28-25-,29-26-,34-32-,35-33-,36-27-. The molecule has 4 N–H and O–H groups in total. The maximum atomic E-state index is 12.9. The zero-order chi connectivity index (χ0) is 65.3. The summed E-state index contributed by atoms with van der Waals surface area (Å²) in [7, 11) is -9.79. The maximum Gasteiger partial charge on any atom is 0.472 e. The molecule has 0 spiro atoms. The van der Waals surface area contributed by atoms with Crippen LogP contribution in [0.3, 0.4) is 0 Å². The number of phosphoric acid groups is 2. The van der Waals surface area contributed by atoms with Crippen LogP contribution in [-0.4, -0.2) is 95.9 Å². The predicted molar refractivity (Wildman–Crippen MR) is 362 cm³/mol. The fourth-order valence-electron chi connectivity index (χ4n) is 8.78. The van der Waals surface area contributed by atoms with Gasteiger partial charge in [-0.2, -0.15) is 0 Å². The lowest BCUT2D eigenvalue weighted by Gasteiger charge is -2.21. The van der Waals surface area contributed by atoms with Crippen LogP contribution >= 0.6 is 15.6 Å². The number of hydrogen-bond acceptors (Lipinski definition) is 14. The molecule has 89 heavy (non-hydrogen) atoms. The van der Waals surface area contributed by atoms with Crippen molar-refractivity contribution in [1.29, 1.82) is 0 Å². The summed E-state index contributed by atoms with van der Waals surface area (Å²) in [4.78, 5) is 58.4. The van der Waals surface area contributed by atoms with Gasteiger partial charge in [0.05, 0.1) is 26.4 Å². The van der Waals surface area contributed by atoms with Gasteiger partial charge in [0.25, 0.3) is 0 Å². The normalized spacial score (nSPS) is 14.9. The van der Waals surface area contributed by atoms with E-state index in [1.165, 1.54) is 38.5 Å². The second-order valence-corrected chi connectivity index (χ2v) is 25.5. The van der Waals surface area contributed by atoms with Crippen molar-refractivity contribution >= 4 is 33.6 Å². The molecule has 0 aromatic heterocycles. The van der Waals surface area contributed by atoms with Crippen molar-refractivity contribution < 1.29 is 75.8 Å². The molecule has 0 aliphatic heterocycles. The Bertz CT molecular complexity index is 2060. The molecule has 0 bridgehead atoms. The first kappa shape index (κ1) is 85.2. The van der Waals surface area contributed by atoms with Gasteiger partial charge in [-0.1, -0.05) is 233 Å². The first-order valence-electron chi connectivity index (χ1n) is 34.2. The summed E-state index contributed by atoms with van der Waals surface area (Å²) < 4.78 is 60.9. The van der Waals surface area contributed by atoms with Crippen molar-refractivity contribution in [3.63, 3.8) is 0 Å². The van der Waals surface area contributed by atoms with Gasteiger partial charge in [-0.25, -0.2) is 9.13 Å². The zero-order valence-electron chi connectivity index (χ0n) is 55.3. The number of aliphatic hydroxyl groups is 2. The van der Waals surface area contributed by atoms with Crippen molar-refractivity contribution in [3.05, 3.63) is 109 Å². The van der Waals surface area contributed by atoms with E-state index in [1.54, 1.807) is 0 Å². The summed E-state index contributed by atoms with van der Waals surface area (Å²) in [6.07, 6.45) is 71.3. The minimum Gasteiger partial charge on any atom is -0.463 e. The van der Waals surface area contributed by atoms with Gasteiger partial charge in [-0.3, -0.25) is 32.5 Å². The lowest BCUT2D eigenvalue weighted by Crippen LogP contribution is -2.30. The predicted octanol–water partition coefficient (Wildman–Crippen LogP) is 18.9. The fourth-order valence-corrected chi connectivity index (χ4v) is 10.4. The number of unbranched alkanes of at least 4 members (excludes halogenated alkanes) is 23. The Balaban J connectivity index is 4.71. The highest BCUT2D eigenvalue weighted by Crippen LogP contribution is 2.45. The molecule has 0 amide bonds. The minimum absolute atomic E-state index is 0.0895. The average Bonchev–Trinajstić information content (AvgIpc) is 3.54. The average molecular weight is 1290 g/mol. The van der Waals surface area contributed by atoms with Crippen molar-refractivity contribution in [2.24, 2.45) is 0 Å². The van der Waals surface area contributed by atoms with E-state index >= 15 is 0 Å². The molecular weight excluding hydrogens is 1170 g/mol. The van der Waals surface area contributed by atoms with Crippen LogP contribution in [0, 0.1) is 0 Å². The van der Waals surface area contributed by atoms with Crippen molar-refractivity contribution in [2.75, 3.05) is 39.6 Å². The summed E-state index contributed by atoms with van der Waals surface area (Å²) >= 11 is 0. The molecule has 0 aromatic carbocycles. The second-order valence-electron chi connectivity index (χ2n) is 22.6. The molecule has 512 valence electrons. The fraction of sp³-hybridized carbons (Fsp3) is 0.704. The van der Waals surface area contributed by atoms with Gasteiger partial charge < -0.3 is 34.2 Å². The third-order valence-electron chi connectivity index (χ3n) is 14.0. The third kappa shape index (κ3) is 65.5. The number of rotatable bonds is 64. The Morgan fingerprint density at radius 2 is 0.596 bits per heavy atom. The largest absolute Gasteiger partial charge is 0.472 e. The Labute approximate surface area is 539 Å². The van der Waals surface area contributed by atoms with Gasteiger partial charge >= 0.3 is 33.6 Å². The topological polar surface area (TPSA) is 231 Å². The quantitative estimate of drug-likeness (QED) is 0.0146.